The van der Waals surface area contributed by atoms with Crippen LogP contribution in [0.25, 0.3) is 0 Å². The van der Waals surface area contributed by atoms with E-state index < -0.39 is 36.5 Å². The number of ether oxygens (including phenoxy) is 1. The van der Waals surface area contributed by atoms with Crippen LogP contribution in [0.4, 0.5) is 5.69 Å². The Kier molecular flexibility index (Phi) is 8.87. The number of fused-ring (bicyclic) bond motifs is 1. The molecule has 0 aromatic heterocycles. The summed E-state index contributed by atoms with van der Waals surface area (Å²) in [5.41, 5.74) is 0.369. The van der Waals surface area contributed by atoms with Crippen LogP contribution < -0.4 is 20.3 Å². The molecule has 0 bridgehead atoms. The zero-order valence-electron chi connectivity index (χ0n) is 18.3. The van der Waals surface area contributed by atoms with Gasteiger partial charge in [-0.25, -0.2) is 0 Å². The lowest BCUT2D eigenvalue weighted by molar-refractivity contribution is -0.141. The van der Waals surface area contributed by atoms with Gasteiger partial charge in [0.1, 0.15) is 31.0 Å². The molecule has 0 saturated carbocycles. The van der Waals surface area contributed by atoms with Crippen LogP contribution in [-0.4, -0.2) is 66.4 Å². The van der Waals surface area contributed by atoms with Gasteiger partial charge in [-0.2, -0.15) is 0 Å². The van der Waals surface area contributed by atoms with Crippen molar-refractivity contribution in [2.45, 2.75) is 57.0 Å². The number of hydrogen-bond acceptors (Lipinski definition) is 6. The van der Waals surface area contributed by atoms with Crippen LogP contribution in [0.5, 0.6) is 5.75 Å². The number of carbonyl (C=O) groups excluding carboxylic acids is 1. The van der Waals surface area contributed by atoms with Crippen molar-refractivity contribution < 1.29 is 29.3 Å². The Morgan fingerprint density at radius 3 is 2.62 bits per heavy atom. The monoisotopic (exact) mass is 447 g/mol. The molecular weight excluding hydrogens is 414 g/mol. The Morgan fingerprint density at radius 2 is 1.91 bits per heavy atom. The molecule has 3 rings (SSSR count). The first-order valence-corrected chi connectivity index (χ1v) is 11.4. The van der Waals surface area contributed by atoms with Gasteiger partial charge in [0.2, 0.25) is 5.91 Å². The maximum absolute atomic E-state index is 13.1. The van der Waals surface area contributed by atoms with E-state index in [-0.39, 0.29) is 6.61 Å². The minimum absolute atomic E-state index is 0.0640. The molecule has 2 aliphatic rings. The summed E-state index contributed by atoms with van der Waals surface area (Å²) in [6.45, 7) is 1.57. The molecule has 2 atom stereocenters. The first-order valence-electron chi connectivity index (χ1n) is 11.4. The molecule has 1 aromatic carbocycles. The highest BCUT2D eigenvalue weighted by molar-refractivity contribution is 6.02. The van der Waals surface area contributed by atoms with Crippen molar-refractivity contribution >= 4 is 23.5 Å². The fourth-order valence-corrected chi connectivity index (χ4v) is 4.42. The van der Waals surface area contributed by atoms with Crippen molar-refractivity contribution in [2.75, 3.05) is 31.1 Å². The molecular formula is C23H33N3O6. The van der Waals surface area contributed by atoms with Crippen molar-refractivity contribution in [3.8, 4) is 5.75 Å². The standard InChI is InChI=1S/C23H33N3O6/c27-21(28)14-26-19-8-4-5-9-20(19)32-15-18(22(26)29)25-17(23(30)31)7-3-1-2-6-16-10-12-24-13-11-16/h4-5,8-9,16-18,24-25H,1-3,6-7,10-15H2,(H,27,28)(H,30,31)/t17-,18-/m0/s1. The predicted molar refractivity (Wildman–Crippen MR) is 119 cm³/mol. The van der Waals surface area contributed by atoms with Crippen molar-refractivity contribution in [1.29, 1.82) is 0 Å². The van der Waals surface area contributed by atoms with E-state index in [9.17, 15) is 24.6 Å². The van der Waals surface area contributed by atoms with Crippen molar-refractivity contribution in [2.24, 2.45) is 5.92 Å². The van der Waals surface area contributed by atoms with E-state index in [2.05, 4.69) is 10.6 Å². The summed E-state index contributed by atoms with van der Waals surface area (Å²) in [7, 11) is 0. The molecule has 1 fully saturated rings. The second-order valence-electron chi connectivity index (χ2n) is 8.54. The van der Waals surface area contributed by atoms with E-state index in [4.69, 9.17) is 4.74 Å². The summed E-state index contributed by atoms with van der Waals surface area (Å²) in [4.78, 5) is 37.4. The summed E-state index contributed by atoms with van der Waals surface area (Å²) in [5.74, 6) is -1.53. The number of benzene rings is 1. The van der Waals surface area contributed by atoms with Crippen molar-refractivity contribution in [3.63, 3.8) is 0 Å². The lowest BCUT2D eigenvalue weighted by atomic mass is 9.92. The third-order valence-corrected chi connectivity index (χ3v) is 6.18. The number of carboxylic acid groups (broad SMARTS) is 2. The topological polar surface area (TPSA) is 128 Å². The van der Waals surface area contributed by atoms with E-state index in [1.807, 2.05) is 0 Å². The number of unbranched alkanes of at least 4 members (excludes halogenated alkanes) is 2. The average molecular weight is 448 g/mol. The molecule has 0 radical (unpaired) electrons. The van der Waals surface area contributed by atoms with Crippen LogP contribution in [0.2, 0.25) is 0 Å². The first-order chi connectivity index (χ1) is 15.5. The summed E-state index contributed by atoms with van der Waals surface area (Å²) in [6.07, 6.45) is 6.75. The fourth-order valence-electron chi connectivity index (χ4n) is 4.42. The van der Waals surface area contributed by atoms with Gasteiger partial charge in [0, 0.05) is 0 Å². The van der Waals surface area contributed by atoms with Crippen LogP contribution in [0.15, 0.2) is 24.3 Å². The number of nitrogens with zero attached hydrogens (tertiary/aromatic N) is 1. The quantitative estimate of drug-likeness (QED) is 0.379. The van der Waals surface area contributed by atoms with Crippen molar-refractivity contribution in [3.05, 3.63) is 24.3 Å². The molecule has 32 heavy (non-hydrogen) atoms. The molecule has 176 valence electrons. The van der Waals surface area contributed by atoms with Gasteiger partial charge in [0.15, 0.2) is 0 Å². The number of rotatable bonds is 11. The third kappa shape index (κ3) is 6.67. The molecule has 2 heterocycles. The smallest absolute Gasteiger partial charge is 0.323 e. The lowest BCUT2D eigenvalue weighted by Gasteiger charge is -2.25. The predicted octanol–water partition coefficient (Wildman–Crippen LogP) is 1.86. The first kappa shape index (κ1) is 24.0. The summed E-state index contributed by atoms with van der Waals surface area (Å²) < 4.78 is 5.72. The zero-order valence-corrected chi connectivity index (χ0v) is 18.3. The molecule has 1 saturated heterocycles. The highest BCUT2D eigenvalue weighted by atomic mass is 16.5. The van der Waals surface area contributed by atoms with Gasteiger partial charge in [-0.3, -0.25) is 24.6 Å². The number of para-hydroxylation sites is 2. The Hall–Kier alpha value is -2.65. The van der Waals surface area contributed by atoms with Crippen LogP contribution in [0, 0.1) is 5.92 Å². The Morgan fingerprint density at radius 1 is 1.16 bits per heavy atom. The Labute approximate surface area is 188 Å². The van der Waals surface area contributed by atoms with E-state index in [0.29, 0.717) is 17.9 Å². The molecule has 9 nitrogen and oxygen atoms in total. The number of amides is 1. The Balaban J connectivity index is 1.55. The SMILES string of the molecule is O=C(O)CN1C(=O)[C@@H](N[C@@H](CCCCCC2CCNCC2)C(=O)O)COc2ccccc21. The summed E-state index contributed by atoms with van der Waals surface area (Å²) in [6, 6.07) is 4.87. The number of carboxylic acids is 2. The fraction of sp³-hybridized carbons (Fsp3) is 0.609. The molecule has 1 amide bonds. The van der Waals surface area contributed by atoms with Crippen molar-refractivity contribution in [1.82, 2.24) is 10.6 Å². The number of carbonyl (C=O) groups is 3. The highest BCUT2D eigenvalue weighted by Gasteiger charge is 2.35. The molecule has 1 aromatic rings. The number of hydrogen-bond donors (Lipinski definition) is 4. The second-order valence-corrected chi connectivity index (χ2v) is 8.54. The number of nitrogens with one attached hydrogen (secondary N) is 2. The van der Waals surface area contributed by atoms with E-state index >= 15 is 0 Å². The maximum Gasteiger partial charge on any atom is 0.323 e. The molecule has 0 spiro atoms. The van der Waals surface area contributed by atoms with Gasteiger partial charge >= 0.3 is 11.9 Å². The van der Waals surface area contributed by atoms with E-state index in [1.54, 1.807) is 24.3 Å². The third-order valence-electron chi connectivity index (χ3n) is 6.18. The molecule has 2 aliphatic heterocycles. The van der Waals surface area contributed by atoms with Crippen LogP contribution >= 0.6 is 0 Å². The Bertz CT molecular complexity index is 796. The van der Waals surface area contributed by atoms with Gasteiger partial charge < -0.3 is 20.3 Å². The second kappa shape index (κ2) is 11.8. The van der Waals surface area contributed by atoms with Gasteiger partial charge in [0.25, 0.3) is 0 Å². The van der Waals surface area contributed by atoms with Gasteiger partial charge in [0.05, 0.1) is 5.69 Å². The van der Waals surface area contributed by atoms with Gasteiger partial charge in [-0.05, 0) is 50.4 Å². The molecule has 4 N–H and O–H groups in total. The zero-order chi connectivity index (χ0) is 22.9. The minimum Gasteiger partial charge on any atom is -0.489 e. The summed E-state index contributed by atoms with van der Waals surface area (Å²) in [5, 5.41) is 25.2. The molecule has 9 heteroatoms. The minimum atomic E-state index is -1.16. The number of aliphatic carboxylic acids is 2. The molecule has 0 aliphatic carbocycles. The largest absolute Gasteiger partial charge is 0.489 e. The van der Waals surface area contributed by atoms with E-state index in [1.165, 1.54) is 19.3 Å². The van der Waals surface area contributed by atoms with Crippen LogP contribution in [0.1, 0.15) is 44.9 Å². The van der Waals surface area contributed by atoms with Crippen LogP contribution in [-0.2, 0) is 14.4 Å². The normalized spacial score (nSPS) is 20.2. The van der Waals surface area contributed by atoms with Gasteiger partial charge in [-0.15, -0.1) is 0 Å². The number of anilines is 1. The summed E-state index contributed by atoms with van der Waals surface area (Å²) >= 11 is 0. The van der Waals surface area contributed by atoms with E-state index in [0.717, 1.165) is 43.2 Å². The van der Waals surface area contributed by atoms with Crippen LogP contribution in [0.3, 0.4) is 0 Å². The average Bonchev–Trinajstić information content (AvgIpc) is 2.90. The number of piperidine rings is 1. The maximum atomic E-state index is 13.1. The highest BCUT2D eigenvalue weighted by Crippen LogP contribution is 2.31. The lowest BCUT2D eigenvalue weighted by Crippen LogP contribution is -2.54. The van der Waals surface area contributed by atoms with Gasteiger partial charge in [-0.1, -0.05) is 37.8 Å². The molecule has 0 unspecified atom stereocenters.